The van der Waals surface area contributed by atoms with Crippen LogP contribution >= 0.6 is 0 Å². The van der Waals surface area contributed by atoms with Crippen LogP contribution in [-0.4, -0.2) is 28.4 Å². The summed E-state index contributed by atoms with van der Waals surface area (Å²) in [6.07, 6.45) is 2.34. The molecule has 0 bridgehead atoms. The summed E-state index contributed by atoms with van der Waals surface area (Å²) in [5.74, 6) is 1.74. The van der Waals surface area contributed by atoms with Crippen LogP contribution in [0, 0.1) is 6.92 Å². The molecule has 0 spiro atoms. The summed E-state index contributed by atoms with van der Waals surface area (Å²) in [5.41, 5.74) is 1.65. The molecule has 0 saturated carbocycles. The standard InChI is InChI=1S/C20H19N3O4/c1-12-17(18-14(24)8-5-9-15(18)26-12)19(25)21-11-10-16-22-20(27-23-16)13-6-3-2-4-7-13/h2-4,6-7H,5,8-11H2,1H3,(H,21,25). The van der Waals surface area contributed by atoms with Gasteiger partial charge in [-0.2, -0.15) is 4.98 Å². The number of fused-ring (bicyclic) bond motifs is 1. The van der Waals surface area contributed by atoms with Gasteiger partial charge >= 0.3 is 0 Å². The summed E-state index contributed by atoms with van der Waals surface area (Å²) in [5, 5.41) is 6.76. The molecule has 0 aliphatic heterocycles. The van der Waals surface area contributed by atoms with E-state index in [1.807, 2.05) is 30.3 Å². The fourth-order valence-electron chi connectivity index (χ4n) is 3.31. The second kappa shape index (κ2) is 7.19. The number of Topliss-reactive ketones (excluding diaryl/α,β-unsaturated/α-hetero) is 1. The van der Waals surface area contributed by atoms with Crippen LogP contribution in [0.1, 0.15) is 50.9 Å². The van der Waals surface area contributed by atoms with Gasteiger partial charge in [0.1, 0.15) is 11.5 Å². The van der Waals surface area contributed by atoms with Gasteiger partial charge < -0.3 is 14.3 Å². The highest BCUT2D eigenvalue weighted by atomic mass is 16.5. The Hall–Kier alpha value is -3.22. The van der Waals surface area contributed by atoms with E-state index in [1.54, 1.807) is 6.92 Å². The Labute approximate surface area is 155 Å². The van der Waals surface area contributed by atoms with Gasteiger partial charge in [0.25, 0.3) is 11.8 Å². The topological polar surface area (TPSA) is 98.2 Å². The lowest BCUT2D eigenvalue weighted by molar-refractivity contribution is 0.0927. The minimum atomic E-state index is -0.306. The van der Waals surface area contributed by atoms with E-state index in [-0.39, 0.29) is 11.7 Å². The van der Waals surface area contributed by atoms with Gasteiger partial charge in [0, 0.05) is 31.4 Å². The van der Waals surface area contributed by atoms with Crippen molar-refractivity contribution in [1.29, 1.82) is 0 Å². The first-order valence-electron chi connectivity index (χ1n) is 8.95. The van der Waals surface area contributed by atoms with Crippen molar-refractivity contribution in [2.75, 3.05) is 6.54 Å². The third-order valence-corrected chi connectivity index (χ3v) is 4.59. The van der Waals surface area contributed by atoms with Gasteiger partial charge in [-0.25, -0.2) is 0 Å². The average Bonchev–Trinajstić information content (AvgIpc) is 3.27. The number of carbonyl (C=O) groups excluding carboxylic acids is 2. The molecule has 0 atom stereocenters. The molecule has 3 aromatic rings. The molecule has 0 fully saturated rings. The molecule has 1 N–H and O–H groups in total. The summed E-state index contributed by atoms with van der Waals surface area (Å²) in [4.78, 5) is 29.1. The number of nitrogens with one attached hydrogen (secondary N) is 1. The van der Waals surface area contributed by atoms with E-state index in [1.165, 1.54) is 0 Å². The summed E-state index contributed by atoms with van der Waals surface area (Å²) >= 11 is 0. The predicted molar refractivity (Wildman–Crippen MR) is 96.5 cm³/mol. The van der Waals surface area contributed by atoms with Crippen LogP contribution in [0.4, 0.5) is 0 Å². The highest BCUT2D eigenvalue weighted by molar-refractivity contribution is 6.09. The first kappa shape index (κ1) is 17.2. The van der Waals surface area contributed by atoms with Crippen molar-refractivity contribution in [3.63, 3.8) is 0 Å². The molecule has 0 saturated heterocycles. The van der Waals surface area contributed by atoms with E-state index in [2.05, 4.69) is 15.5 Å². The Morgan fingerprint density at radius 2 is 2.04 bits per heavy atom. The minimum absolute atomic E-state index is 0.0241. The number of aryl methyl sites for hydroxylation is 2. The van der Waals surface area contributed by atoms with Crippen LogP contribution < -0.4 is 5.32 Å². The van der Waals surface area contributed by atoms with Crippen molar-refractivity contribution in [3.05, 3.63) is 58.8 Å². The molecule has 138 valence electrons. The zero-order valence-corrected chi connectivity index (χ0v) is 14.9. The SMILES string of the molecule is Cc1oc2c(c1C(=O)NCCc1noc(-c3ccccc3)n1)C(=O)CCC2. The fourth-order valence-corrected chi connectivity index (χ4v) is 3.31. The molecular formula is C20H19N3O4. The van der Waals surface area contributed by atoms with Crippen molar-refractivity contribution < 1.29 is 18.5 Å². The quantitative estimate of drug-likeness (QED) is 0.746. The maximum absolute atomic E-state index is 12.6. The molecule has 7 heteroatoms. The van der Waals surface area contributed by atoms with E-state index in [0.717, 1.165) is 12.0 Å². The molecule has 1 aromatic carbocycles. The first-order chi connectivity index (χ1) is 13.1. The Kier molecular flexibility index (Phi) is 4.58. The molecular weight excluding hydrogens is 346 g/mol. The Morgan fingerprint density at radius 1 is 1.22 bits per heavy atom. The molecule has 2 heterocycles. The van der Waals surface area contributed by atoms with Gasteiger partial charge in [0.2, 0.25) is 0 Å². The minimum Gasteiger partial charge on any atom is -0.465 e. The molecule has 0 radical (unpaired) electrons. The van der Waals surface area contributed by atoms with Crippen LogP contribution in [0.25, 0.3) is 11.5 Å². The summed E-state index contributed by atoms with van der Waals surface area (Å²) in [6, 6.07) is 9.49. The molecule has 0 unspecified atom stereocenters. The Morgan fingerprint density at radius 3 is 2.85 bits per heavy atom. The van der Waals surface area contributed by atoms with E-state index < -0.39 is 0 Å². The monoisotopic (exact) mass is 365 g/mol. The number of hydrogen-bond donors (Lipinski definition) is 1. The molecule has 1 amide bonds. The van der Waals surface area contributed by atoms with Crippen molar-refractivity contribution in [1.82, 2.24) is 15.5 Å². The first-order valence-corrected chi connectivity index (χ1v) is 8.95. The average molecular weight is 365 g/mol. The number of benzene rings is 1. The summed E-state index contributed by atoms with van der Waals surface area (Å²) < 4.78 is 10.9. The second-order valence-electron chi connectivity index (χ2n) is 6.50. The van der Waals surface area contributed by atoms with E-state index in [9.17, 15) is 9.59 Å². The van der Waals surface area contributed by atoms with Gasteiger partial charge in [-0.15, -0.1) is 0 Å². The van der Waals surface area contributed by atoms with E-state index in [0.29, 0.717) is 60.2 Å². The van der Waals surface area contributed by atoms with Crippen molar-refractivity contribution in [3.8, 4) is 11.5 Å². The number of rotatable bonds is 5. The third-order valence-electron chi connectivity index (χ3n) is 4.59. The number of ketones is 1. The lowest BCUT2D eigenvalue weighted by Gasteiger charge is -2.10. The summed E-state index contributed by atoms with van der Waals surface area (Å²) in [7, 11) is 0. The lowest BCUT2D eigenvalue weighted by Crippen LogP contribution is -2.28. The summed E-state index contributed by atoms with van der Waals surface area (Å²) in [6.45, 7) is 2.05. The number of nitrogens with zero attached hydrogens (tertiary/aromatic N) is 2. The predicted octanol–water partition coefficient (Wildman–Crippen LogP) is 3.13. The van der Waals surface area contributed by atoms with Gasteiger partial charge in [-0.05, 0) is 25.5 Å². The largest absolute Gasteiger partial charge is 0.465 e. The van der Waals surface area contributed by atoms with Gasteiger partial charge in [0.05, 0.1) is 11.1 Å². The van der Waals surface area contributed by atoms with E-state index in [4.69, 9.17) is 8.94 Å². The van der Waals surface area contributed by atoms with Crippen LogP contribution in [0.2, 0.25) is 0 Å². The third kappa shape index (κ3) is 3.40. The highest BCUT2D eigenvalue weighted by Gasteiger charge is 2.30. The normalized spacial score (nSPS) is 13.4. The van der Waals surface area contributed by atoms with Crippen molar-refractivity contribution in [2.24, 2.45) is 0 Å². The molecule has 4 rings (SSSR count). The fraction of sp³-hybridized carbons (Fsp3) is 0.300. The van der Waals surface area contributed by atoms with Gasteiger partial charge in [-0.3, -0.25) is 9.59 Å². The van der Waals surface area contributed by atoms with Crippen LogP contribution in [0.15, 0.2) is 39.3 Å². The van der Waals surface area contributed by atoms with Gasteiger partial charge in [-0.1, -0.05) is 23.4 Å². The Bertz CT molecular complexity index is 988. The second-order valence-corrected chi connectivity index (χ2v) is 6.50. The zero-order valence-electron chi connectivity index (χ0n) is 14.9. The number of carbonyl (C=O) groups is 2. The maximum Gasteiger partial charge on any atom is 0.257 e. The molecule has 2 aromatic heterocycles. The molecule has 1 aliphatic rings. The van der Waals surface area contributed by atoms with E-state index >= 15 is 0 Å². The zero-order chi connectivity index (χ0) is 18.8. The highest BCUT2D eigenvalue weighted by Crippen LogP contribution is 2.29. The molecule has 1 aliphatic carbocycles. The smallest absolute Gasteiger partial charge is 0.257 e. The van der Waals surface area contributed by atoms with Crippen molar-refractivity contribution in [2.45, 2.75) is 32.6 Å². The Balaban J connectivity index is 1.40. The number of aromatic nitrogens is 2. The van der Waals surface area contributed by atoms with Gasteiger partial charge in [0.15, 0.2) is 11.6 Å². The molecule has 27 heavy (non-hydrogen) atoms. The maximum atomic E-state index is 12.6. The lowest BCUT2D eigenvalue weighted by atomic mass is 9.93. The van der Waals surface area contributed by atoms with Crippen molar-refractivity contribution >= 4 is 11.7 Å². The number of furan rings is 1. The van der Waals surface area contributed by atoms with Crippen LogP contribution in [-0.2, 0) is 12.8 Å². The number of hydrogen-bond acceptors (Lipinski definition) is 6. The van der Waals surface area contributed by atoms with Crippen LogP contribution in [0.3, 0.4) is 0 Å². The van der Waals surface area contributed by atoms with Crippen LogP contribution in [0.5, 0.6) is 0 Å². The number of amides is 1. The molecule has 7 nitrogen and oxygen atoms in total.